The minimum absolute atomic E-state index is 0.0826. The molecule has 0 aliphatic carbocycles. The average Bonchev–Trinajstić information content (AvgIpc) is 2.65. The summed E-state index contributed by atoms with van der Waals surface area (Å²) in [5.74, 6) is 4.55. The lowest BCUT2D eigenvalue weighted by atomic mass is 10.1. The third kappa shape index (κ3) is 5.07. The van der Waals surface area contributed by atoms with E-state index in [0.717, 1.165) is 17.7 Å². The fraction of sp³-hybridized carbons (Fsp3) is 0.111. The Bertz CT molecular complexity index is 884. The third-order valence-corrected chi connectivity index (χ3v) is 3.22. The zero-order chi connectivity index (χ0) is 18.9. The number of carbonyl (C=O) groups is 2. The molecule has 132 valence electrons. The van der Waals surface area contributed by atoms with Crippen LogP contribution < -0.4 is 5.32 Å². The summed E-state index contributed by atoms with van der Waals surface area (Å²) in [5, 5.41) is 23.1. The van der Waals surface area contributed by atoms with Crippen molar-refractivity contribution in [3.05, 3.63) is 69.3 Å². The second kappa shape index (κ2) is 8.84. The third-order valence-electron chi connectivity index (χ3n) is 3.22. The van der Waals surface area contributed by atoms with Gasteiger partial charge in [-0.2, -0.15) is 0 Å². The van der Waals surface area contributed by atoms with Gasteiger partial charge in [0.05, 0.1) is 22.6 Å². The van der Waals surface area contributed by atoms with Gasteiger partial charge in [-0.25, -0.2) is 4.79 Å². The van der Waals surface area contributed by atoms with Crippen molar-refractivity contribution >= 4 is 18.1 Å². The van der Waals surface area contributed by atoms with E-state index in [2.05, 4.69) is 17.2 Å². The van der Waals surface area contributed by atoms with Crippen LogP contribution in [0.1, 0.15) is 21.5 Å². The summed E-state index contributed by atoms with van der Waals surface area (Å²) >= 11 is 0. The van der Waals surface area contributed by atoms with E-state index in [9.17, 15) is 24.8 Å². The minimum Gasteiger partial charge on any atom is -0.506 e. The summed E-state index contributed by atoms with van der Waals surface area (Å²) in [6.45, 7) is 0.000637. The number of nitrogens with one attached hydrogen (secondary N) is 1. The van der Waals surface area contributed by atoms with Crippen LogP contribution >= 0.6 is 0 Å². The fourth-order valence-corrected chi connectivity index (χ4v) is 1.96. The molecule has 0 heterocycles. The van der Waals surface area contributed by atoms with Crippen LogP contribution in [0, 0.1) is 22.0 Å². The highest BCUT2D eigenvalue weighted by molar-refractivity contribution is 5.82. The number of phenolic OH excluding ortho intramolecular Hbond substituents is 1. The number of aromatic hydroxyl groups is 1. The highest BCUT2D eigenvalue weighted by Gasteiger charge is 2.14. The van der Waals surface area contributed by atoms with Crippen molar-refractivity contribution in [1.29, 1.82) is 0 Å². The van der Waals surface area contributed by atoms with E-state index in [0.29, 0.717) is 6.29 Å². The van der Waals surface area contributed by atoms with Crippen LogP contribution in [0.15, 0.2) is 42.5 Å². The van der Waals surface area contributed by atoms with Gasteiger partial charge in [-0.3, -0.25) is 14.9 Å². The van der Waals surface area contributed by atoms with Crippen molar-refractivity contribution in [2.75, 3.05) is 6.54 Å². The quantitative estimate of drug-likeness (QED) is 0.368. The number of hydrogen-bond acceptors (Lipinski definition) is 6. The molecule has 2 rings (SSSR count). The molecule has 8 nitrogen and oxygen atoms in total. The van der Waals surface area contributed by atoms with Crippen LogP contribution in [-0.4, -0.2) is 29.0 Å². The number of carbonyl (C=O) groups excluding carboxylic acids is 2. The van der Waals surface area contributed by atoms with Gasteiger partial charge in [-0.1, -0.05) is 42.2 Å². The zero-order valence-corrected chi connectivity index (χ0v) is 13.5. The number of amides is 1. The molecule has 2 aromatic carbocycles. The van der Waals surface area contributed by atoms with Crippen molar-refractivity contribution in [3.8, 4) is 17.6 Å². The van der Waals surface area contributed by atoms with Gasteiger partial charge in [0.2, 0.25) is 0 Å². The number of non-ortho nitro benzene ring substituents is 1. The number of nitrogens with zero attached hydrogens (tertiary/aromatic N) is 1. The Kier molecular flexibility index (Phi) is 6.28. The molecule has 0 aliphatic rings. The lowest BCUT2D eigenvalue weighted by Gasteiger charge is -2.04. The Hall–Kier alpha value is -3.86. The van der Waals surface area contributed by atoms with Gasteiger partial charge in [-0.15, -0.1) is 0 Å². The summed E-state index contributed by atoms with van der Waals surface area (Å²) < 4.78 is 4.99. The predicted molar refractivity (Wildman–Crippen MR) is 91.7 cm³/mol. The lowest BCUT2D eigenvalue weighted by molar-refractivity contribution is -0.384. The fourth-order valence-electron chi connectivity index (χ4n) is 1.96. The monoisotopic (exact) mass is 354 g/mol. The minimum atomic E-state index is -0.698. The largest absolute Gasteiger partial charge is 0.506 e. The molecule has 26 heavy (non-hydrogen) atoms. The number of alkyl carbamates (subject to hydrolysis) is 1. The molecule has 0 fully saturated rings. The average molecular weight is 354 g/mol. The van der Waals surface area contributed by atoms with Gasteiger partial charge < -0.3 is 15.2 Å². The van der Waals surface area contributed by atoms with E-state index in [1.54, 1.807) is 0 Å². The number of benzene rings is 2. The molecule has 0 spiro atoms. The summed E-state index contributed by atoms with van der Waals surface area (Å²) in [7, 11) is 0. The first-order valence-electron chi connectivity index (χ1n) is 7.41. The van der Waals surface area contributed by atoms with Crippen molar-refractivity contribution in [1.82, 2.24) is 5.32 Å². The van der Waals surface area contributed by atoms with Gasteiger partial charge >= 0.3 is 6.09 Å². The van der Waals surface area contributed by atoms with Crippen LogP contribution in [0.5, 0.6) is 5.75 Å². The molecule has 0 unspecified atom stereocenters. The summed E-state index contributed by atoms with van der Waals surface area (Å²) in [6.07, 6.45) is -0.382. The van der Waals surface area contributed by atoms with Crippen molar-refractivity contribution in [3.63, 3.8) is 0 Å². The van der Waals surface area contributed by atoms with E-state index in [-0.39, 0.29) is 30.0 Å². The molecule has 0 radical (unpaired) electrons. The van der Waals surface area contributed by atoms with Crippen molar-refractivity contribution in [2.24, 2.45) is 0 Å². The summed E-state index contributed by atoms with van der Waals surface area (Å²) in [4.78, 5) is 32.5. The number of hydrogen-bond donors (Lipinski definition) is 2. The first-order valence-corrected chi connectivity index (χ1v) is 7.41. The standard InChI is InChI=1S/C18H14N2O6/c21-11-15-10-16(20(24)25)9-14(17(15)22)7-4-8-19-18(23)26-12-13-5-2-1-3-6-13/h1-3,5-6,9-11,22H,8,12H2,(H,19,23). The van der Waals surface area contributed by atoms with Gasteiger partial charge in [0, 0.05) is 12.1 Å². The molecule has 0 aliphatic heterocycles. The molecule has 0 atom stereocenters. The van der Waals surface area contributed by atoms with Gasteiger partial charge in [0.15, 0.2) is 6.29 Å². The Morgan fingerprint density at radius 2 is 2.04 bits per heavy atom. The number of phenols is 1. The van der Waals surface area contributed by atoms with Gasteiger partial charge in [-0.05, 0) is 5.56 Å². The van der Waals surface area contributed by atoms with Crippen LogP contribution in [-0.2, 0) is 11.3 Å². The number of aldehydes is 1. The zero-order valence-electron chi connectivity index (χ0n) is 13.5. The maximum absolute atomic E-state index is 11.6. The molecule has 2 N–H and O–H groups in total. The highest BCUT2D eigenvalue weighted by Crippen LogP contribution is 2.26. The molecule has 0 saturated carbocycles. The molecule has 0 saturated heterocycles. The molecule has 0 aromatic heterocycles. The van der Waals surface area contributed by atoms with Crippen LogP contribution in [0.3, 0.4) is 0 Å². The SMILES string of the molecule is O=Cc1cc([N+](=O)[O-])cc(C#CCNC(=O)OCc2ccccc2)c1O. The Morgan fingerprint density at radius 1 is 1.31 bits per heavy atom. The Morgan fingerprint density at radius 3 is 2.69 bits per heavy atom. The molecule has 0 bridgehead atoms. The topological polar surface area (TPSA) is 119 Å². The van der Waals surface area contributed by atoms with E-state index in [4.69, 9.17) is 4.74 Å². The number of rotatable bonds is 5. The second-order valence-corrected chi connectivity index (χ2v) is 5.02. The molecule has 1 amide bonds. The van der Waals surface area contributed by atoms with Gasteiger partial charge in [0.25, 0.3) is 5.69 Å². The smallest absolute Gasteiger partial charge is 0.408 e. The van der Waals surface area contributed by atoms with Crippen molar-refractivity contribution < 1.29 is 24.4 Å². The van der Waals surface area contributed by atoms with E-state index in [1.165, 1.54) is 0 Å². The molecule has 2 aromatic rings. The summed E-state index contributed by atoms with van der Waals surface area (Å²) in [5.41, 5.74) is 0.139. The van der Waals surface area contributed by atoms with E-state index >= 15 is 0 Å². The Labute approximate surface area is 148 Å². The molecular formula is C18H14N2O6. The van der Waals surface area contributed by atoms with Crippen molar-refractivity contribution in [2.45, 2.75) is 6.61 Å². The van der Waals surface area contributed by atoms with Gasteiger partial charge in [0.1, 0.15) is 12.4 Å². The first-order chi connectivity index (χ1) is 12.5. The Balaban J connectivity index is 1.95. The predicted octanol–water partition coefficient (Wildman–Crippen LogP) is 2.39. The molecule has 8 heteroatoms. The van der Waals surface area contributed by atoms with Crippen LogP contribution in [0.25, 0.3) is 0 Å². The first kappa shape index (κ1) is 18.5. The maximum atomic E-state index is 11.6. The number of ether oxygens (including phenoxy) is 1. The maximum Gasteiger partial charge on any atom is 0.408 e. The highest BCUT2D eigenvalue weighted by atomic mass is 16.6. The van der Waals surface area contributed by atoms with Crippen LogP contribution in [0.2, 0.25) is 0 Å². The second-order valence-electron chi connectivity index (χ2n) is 5.02. The van der Waals surface area contributed by atoms with E-state index in [1.807, 2.05) is 30.3 Å². The lowest BCUT2D eigenvalue weighted by Crippen LogP contribution is -2.24. The molecular weight excluding hydrogens is 340 g/mol. The van der Waals surface area contributed by atoms with Crippen LogP contribution in [0.4, 0.5) is 10.5 Å². The normalized spacial score (nSPS) is 9.54. The number of nitro groups is 1. The summed E-state index contributed by atoms with van der Waals surface area (Å²) in [6, 6.07) is 11.1. The van der Waals surface area contributed by atoms with E-state index < -0.39 is 16.8 Å². The number of nitro benzene ring substituents is 1.